The van der Waals surface area contributed by atoms with Gasteiger partial charge in [0.2, 0.25) is 5.88 Å². The van der Waals surface area contributed by atoms with Crippen LogP contribution in [0.4, 0.5) is 0 Å². The summed E-state index contributed by atoms with van der Waals surface area (Å²) in [7, 11) is 1.56. The van der Waals surface area contributed by atoms with Crippen LogP contribution in [0.25, 0.3) is 0 Å². The van der Waals surface area contributed by atoms with Gasteiger partial charge in [-0.1, -0.05) is 19.8 Å². The number of aliphatic carboxylic acids is 1. The summed E-state index contributed by atoms with van der Waals surface area (Å²) in [6.45, 7) is 2.70. The lowest BCUT2D eigenvalue weighted by atomic mass is 10.1. The van der Waals surface area contributed by atoms with Crippen LogP contribution in [0.2, 0.25) is 0 Å². The van der Waals surface area contributed by atoms with Gasteiger partial charge in [-0.15, -0.1) is 0 Å². The number of hydrogen-bond acceptors (Lipinski definition) is 5. The van der Waals surface area contributed by atoms with Gasteiger partial charge in [0.05, 0.1) is 6.61 Å². The van der Waals surface area contributed by atoms with Gasteiger partial charge in [0.25, 0.3) is 5.91 Å². The largest absolute Gasteiger partial charge is 0.480 e. The molecule has 1 heterocycles. The molecule has 1 amide bonds. The smallest absolute Gasteiger partial charge is 0.326 e. The zero-order chi connectivity index (χ0) is 16.4. The molecule has 22 heavy (non-hydrogen) atoms. The minimum atomic E-state index is -1.03. The summed E-state index contributed by atoms with van der Waals surface area (Å²) in [5.41, 5.74) is 0.310. The number of nitrogens with zero attached hydrogens (tertiary/aromatic N) is 1. The van der Waals surface area contributed by atoms with E-state index in [-0.39, 0.29) is 0 Å². The van der Waals surface area contributed by atoms with E-state index in [0.29, 0.717) is 31.1 Å². The van der Waals surface area contributed by atoms with Crippen molar-refractivity contribution in [2.75, 3.05) is 20.3 Å². The molecule has 0 fully saturated rings. The summed E-state index contributed by atoms with van der Waals surface area (Å²) in [5, 5.41) is 11.6. The lowest BCUT2D eigenvalue weighted by molar-refractivity contribution is -0.139. The molecule has 0 aliphatic rings. The molecule has 0 saturated heterocycles. The van der Waals surface area contributed by atoms with Crippen LogP contribution in [-0.4, -0.2) is 48.3 Å². The minimum Gasteiger partial charge on any atom is -0.480 e. The number of pyridine rings is 1. The fourth-order valence-corrected chi connectivity index (χ4v) is 1.77. The first-order chi connectivity index (χ1) is 10.6. The number of ether oxygens (including phenoxy) is 2. The molecule has 1 aromatic rings. The standard InChI is InChI=1S/C15H22N2O5/c1-3-4-5-12(15(19)20)17-14(18)11-6-7-16-13(10-11)22-9-8-21-2/h6-7,10,12H,3-5,8-9H2,1-2H3,(H,17,18)(H,19,20). The number of carboxylic acid groups (broad SMARTS) is 1. The van der Waals surface area contributed by atoms with Crippen molar-refractivity contribution in [3.8, 4) is 5.88 Å². The number of rotatable bonds is 10. The Bertz CT molecular complexity index is 493. The molecular weight excluding hydrogens is 288 g/mol. The summed E-state index contributed by atoms with van der Waals surface area (Å²) < 4.78 is 10.2. The molecule has 7 heteroatoms. The third-order valence-electron chi connectivity index (χ3n) is 2.98. The monoisotopic (exact) mass is 310 g/mol. The fraction of sp³-hybridized carbons (Fsp3) is 0.533. The summed E-state index contributed by atoms with van der Waals surface area (Å²) >= 11 is 0. The Labute approximate surface area is 129 Å². The van der Waals surface area contributed by atoms with Crippen LogP contribution >= 0.6 is 0 Å². The van der Waals surface area contributed by atoms with Gasteiger partial charge < -0.3 is 19.9 Å². The highest BCUT2D eigenvalue weighted by Crippen LogP contribution is 2.10. The first-order valence-corrected chi connectivity index (χ1v) is 7.20. The summed E-state index contributed by atoms with van der Waals surface area (Å²) in [5.74, 6) is -1.19. The molecule has 0 spiro atoms. The molecular formula is C15H22N2O5. The second kappa shape index (κ2) is 9.73. The van der Waals surface area contributed by atoms with Crippen molar-refractivity contribution in [2.45, 2.75) is 32.2 Å². The Morgan fingerprint density at radius 3 is 2.82 bits per heavy atom. The van der Waals surface area contributed by atoms with Crippen LogP contribution in [0.3, 0.4) is 0 Å². The molecule has 2 N–H and O–H groups in total. The molecule has 122 valence electrons. The van der Waals surface area contributed by atoms with Gasteiger partial charge in [-0.25, -0.2) is 9.78 Å². The highest BCUT2D eigenvalue weighted by Gasteiger charge is 2.20. The van der Waals surface area contributed by atoms with Crippen molar-refractivity contribution < 1.29 is 24.2 Å². The van der Waals surface area contributed by atoms with E-state index < -0.39 is 17.9 Å². The van der Waals surface area contributed by atoms with Gasteiger partial charge >= 0.3 is 5.97 Å². The molecule has 0 saturated carbocycles. The Kier molecular flexibility index (Phi) is 7.91. The topological polar surface area (TPSA) is 97.8 Å². The second-order valence-electron chi connectivity index (χ2n) is 4.73. The number of unbranched alkanes of at least 4 members (excludes halogenated alkanes) is 1. The van der Waals surface area contributed by atoms with E-state index in [1.807, 2.05) is 6.92 Å². The van der Waals surface area contributed by atoms with E-state index in [9.17, 15) is 9.59 Å². The van der Waals surface area contributed by atoms with Crippen LogP contribution in [0.5, 0.6) is 5.88 Å². The zero-order valence-electron chi connectivity index (χ0n) is 12.9. The maximum Gasteiger partial charge on any atom is 0.326 e. The SMILES string of the molecule is CCCCC(NC(=O)c1ccnc(OCCOC)c1)C(=O)O. The van der Waals surface area contributed by atoms with Gasteiger partial charge in [-0.3, -0.25) is 4.79 Å². The minimum absolute atomic E-state index is 0.296. The highest BCUT2D eigenvalue weighted by atomic mass is 16.5. The molecule has 1 atom stereocenters. The van der Waals surface area contributed by atoms with Crippen molar-refractivity contribution in [2.24, 2.45) is 0 Å². The molecule has 0 aliphatic carbocycles. The second-order valence-corrected chi connectivity index (χ2v) is 4.73. The number of aromatic nitrogens is 1. The molecule has 0 radical (unpaired) electrons. The molecule has 0 aromatic carbocycles. The van der Waals surface area contributed by atoms with Gasteiger partial charge in [-0.2, -0.15) is 0 Å². The average Bonchev–Trinajstić information content (AvgIpc) is 2.51. The predicted octanol–water partition coefficient (Wildman–Crippen LogP) is 1.48. The van der Waals surface area contributed by atoms with Crippen LogP contribution in [0.15, 0.2) is 18.3 Å². The summed E-state index contributed by atoms with van der Waals surface area (Å²) in [6.07, 6.45) is 3.45. The Morgan fingerprint density at radius 2 is 2.18 bits per heavy atom. The van der Waals surface area contributed by atoms with Gasteiger partial charge in [0, 0.05) is 24.9 Å². The molecule has 1 rings (SSSR count). The number of carbonyl (C=O) groups excluding carboxylic acids is 1. The van der Waals surface area contributed by atoms with Crippen molar-refractivity contribution >= 4 is 11.9 Å². The molecule has 1 unspecified atom stereocenters. The molecule has 7 nitrogen and oxygen atoms in total. The quantitative estimate of drug-likeness (QED) is 0.635. The number of hydrogen-bond donors (Lipinski definition) is 2. The van der Waals surface area contributed by atoms with E-state index in [4.69, 9.17) is 14.6 Å². The fourth-order valence-electron chi connectivity index (χ4n) is 1.77. The van der Waals surface area contributed by atoms with E-state index >= 15 is 0 Å². The Balaban J connectivity index is 2.67. The van der Waals surface area contributed by atoms with E-state index in [1.54, 1.807) is 7.11 Å². The number of amides is 1. The lowest BCUT2D eigenvalue weighted by Crippen LogP contribution is -2.40. The van der Waals surface area contributed by atoms with Crippen molar-refractivity contribution in [1.82, 2.24) is 10.3 Å². The number of nitrogens with one attached hydrogen (secondary N) is 1. The molecule has 0 bridgehead atoms. The summed E-state index contributed by atoms with van der Waals surface area (Å²) in [6, 6.07) is 2.10. The number of carbonyl (C=O) groups is 2. The number of methoxy groups -OCH3 is 1. The maximum atomic E-state index is 12.1. The Hall–Kier alpha value is -2.15. The van der Waals surface area contributed by atoms with Gasteiger partial charge in [-0.05, 0) is 12.5 Å². The molecule has 0 aliphatic heterocycles. The lowest BCUT2D eigenvalue weighted by Gasteiger charge is -2.14. The van der Waals surface area contributed by atoms with Crippen molar-refractivity contribution in [3.05, 3.63) is 23.9 Å². The van der Waals surface area contributed by atoms with E-state index in [1.165, 1.54) is 18.3 Å². The average molecular weight is 310 g/mol. The zero-order valence-corrected chi connectivity index (χ0v) is 12.9. The van der Waals surface area contributed by atoms with Crippen LogP contribution in [0.1, 0.15) is 36.5 Å². The Morgan fingerprint density at radius 1 is 1.41 bits per heavy atom. The third kappa shape index (κ3) is 6.09. The van der Waals surface area contributed by atoms with Crippen LogP contribution < -0.4 is 10.1 Å². The molecule has 1 aromatic heterocycles. The normalized spacial score (nSPS) is 11.7. The van der Waals surface area contributed by atoms with Crippen LogP contribution in [-0.2, 0) is 9.53 Å². The maximum absolute atomic E-state index is 12.1. The summed E-state index contributed by atoms with van der Waals surface area (Å²) in [4.78, 5) is 27.3. The van der Waals surface area contributed by atoms with Gasteiger partial charge in [0.15, 0.2) is 0 Å². The third-order valence-corrected chi connectivity index (χ3v) is 2.98. The van der Waals surface area contributed by atoms with Crippen molar-refractivity contribution in [1.29, 1.82) is 0 Å². The number of carboxylic acids is 1. The van der Waals surface area contributed by atoms with E-state index in [2.05, 4.69) is 10.3 Å². The predicted molar refractivity (Wildman–Crippen MR) is 80.0 cm³/mol. The van der Waals surface area contributed by atoms with E-state index in [0.717, 1.165) is 12.8 Å². The first-order valence-electron chi connectivity index (χ1n) is 7.20. The van der Waals surface area contributed by atoms with Crippen molar-refractivity contribution in [3.63, 3.8) is 0 Å². The van der Waals surface area contributed by atoms with Crippen LogP contribution in [0, 0.1) is 0 Å². The first kappa shape index (κ1) is 17.9. The highest BCUT2D eigenvalue weighted by molar-refractivity contribution is 5.96. The van der Waals surface area contributed by atoms with Gasteiger partial charge in [0.1, 0.15) is 12.6 Å².